The number of carbonyl (C=O) groups excluding carboxylic acids is 2. The third-order valence-electron chi connectivity index (χ3n) is 4.70. The van der Waals surface area contributed by atoms with Crippen LogP contribution < -0.4 is 10.6 Å². The Morgan fingerprint density at radius 3 is 2.63 bits per heavy atom. The topological polar surface area (TPSA) is 58.2 Å². The molecule has 0 bridgehead atoms. The molecule has 0 radical (unpaired) electrons. The van der Waals surface area contributed by atoms with Gasteiger partial charge in [0.2, 0.25) is 0 Å². The highest BCUT2D eigenvalue weighted by molar-refractivity contribution is 8.04. The molecule has 0 unspecified atom stereocenters. The molecule has 150 valence electrons. The van der Waals surface area contributed by atoms with Crippen LogP contribution in [0.1, 0.15) is 27.0 Å². The number of fused-ring (bicyclic) bond motifs is 1. The summed E-state index contributed by atoms with van der Waals surface area (Å²) >= 11 is 7.56. The molecule has 0 spiro atoms. The number of anilines is 1. The van der Waals surface area contributed by atoms with Gasteiger partial charge in [-0.3, -0.25) is 9.59 Å². The number of amides is 2. The summed E-state index contributed by atoms with van der Waals surface area (Å²) in [5.74, 6) is -0.403. The van der Waals surface area contributed by atoms with Crippen LogP contribution in [0.15, 0.2) is 76.5 Å². The summed E-state index contributed by atoms with van der Waals surface area (Å²) in [4.78, 5) is 26.5. The molecule has 0 saturated heterocycles. The first-order chi connectivity index (χ1) is 14.5. The lowest BCUT2D eigenvalue weighted by Gasteiger charge is -2.19. The summed E-state index contributed by atoms with van der Waals surface area (Å²) in [6, 6.07) is 20.7. The van der Waals surface area contributed by atoms with E-state index in [1.54, 1.807) is 24.3 Å². The number of benzene rings is 3. The van der Waals surface area contributed by atoms with Crippen molar-refractivity contribution in [3.63, 3.8) is 0 Å². The van der Waals surface area contributed by atoms with Crippen LogP contribution in [-0.2, 0) is 11.3 Å². The maximum Gasteiger partial charge on any atom is 0.262 e. The smallest absolute Gasteiger partial charge is 0.262 e. The van der Waals surface area contributed by atoms with Gasteiger partial charge in [-0.25, -0.2) is 0 Å². The summed E-state index contributed by atoms with van der Waals surface area (Å²) in [5, 5.41) is 6.38. The quantitative estimate of drug-likeness (QED) is 0.520. The predicted molar refractivity (Wildman–Crippen MR) is 123 cm³/mol. The fourth-order valence-electron chi connectivity index (χ4n) is 3.03. The van der Waals surface area contributed by atoms with E-state index in [4.69, 9.17) is 11.6 Å². The number of hydrogen-bond donors (Lipinski definition) is 2. The van der Waals surface area contributed by atoms with Gasteiger partial charge in [0.05, 0.1) is 10.6 Å². The molecular formula is C24H19ClN2O2S. The largest absolute Gasteiger partial charge is 0.348 e. The van der Waals surface area contributed by atoms with Crippen molar-refractivity contribution >= 4 is 46.9 Å². The summed E-state index contributed by atoms with van der Waals surface area (Å²) in [6.07, 6.45) is 1.77. The number of rotatable bonds is 4. The minimum absolute atomic E-state index is 0.185. The summed E-state index contributed by atoms with van der Waals surface area (Å²) in [7, 11) is 0. The van der Waals surface area contributed by atoms with Crippen molar-refractivity contribution in [2.75, 3.05) is 5.32 Å². The van der Waals surface area contributed by atoms with E-state index < -0.39 is 0 Å². The van der Waals surface area contributed by atoms with E-state index in [9.17, 15) is 9.59 Å². The van der Waals surface area contributed by atoms with Gasteiger partial charge in [-0.05, 0) is 48.4 Å². The molecular weight excluding hydrogens is 416 g/mol. The molecule has 4 nitrogen and oxygen atoms in total. The lowest BCUT2D eigenvalue weighted by atomic mass is 10.1. The van der Waals surface area contributed by atoms with Crippen LogP contribution in [0.3, 0.4) is 0 Å². The molecule has 2 amide bonds. The first-order valence-electron chi connectivity index (χ1n) is 9.43. The Kier molecular flexibility index (Phi) is 5.93. The van der Waals surface area contributed by atoms with Crippen LogP contribution in [0.4, 0.5) is 5.69 Å². The number of aryl methyl sites for hydroxylation is 1. The lowest BCUT2D eigenvalue weighted by Crippen LogP contribution is -2.23. The van der Waals surface area contributed by atoms with Gasteiger partial charge in [-0.1, -0.05) is 71.4 Å². The molecule has 0 aliphatic carbocycles. The molecule has 1 heterocycles. The third-order valence-corrected chi connectivity index (χ3v) is 6.14. The number of thioether (sulfide) groups is 1. The van der Waals surface area contributed by atoms with Gasteiger partial charge in [-0.2, -0.15) is 0 Å². The van der Waals surface area contributed by atoms with Crippen molar-refractivity contribution < 1.29 is 9.59 Å². The molecule has 1 aliphatic rings. The van der Waals surface area contributed by atoms with E-state index >= 15 is 0 Å². The second kappa shape index (κ2) is 8.78. The summed E-state index contributed by atoms with van der Waals surface area (Å²) in [5.41, 5.74) is 4.12. The molecule has 0 fully saturated rings. The van der Waals surface area contributed by atoms with Crippen LogP contribution in [-0.4, -0.2) is 11.8 Å². The number of carbonyl (C=O) groups is 2. The SMILES string of the molecule is Cc1ccc(CNC(=O)c2ccc3c(c2)NC(=O)/C(=C\c2ccccc2Cl)S3)cc1. The first-order valence-corrected chi connectivity index (χ1v) is 10.6. The second-order valence-electron chi connectivity index (χ2n) is 6.97. The number of halogens is 1. The van der Waals surface area contributed by atoms with Gasteiger partial charge in [0.1, 0.15) is 0 Å². The van der Waals surface area contributed by atoms with Crippen LogP contribution in [0.2, 0.25) is 5.02 Å². The zero-order valence-corrected chi connectivity index (χ0v) is 17.8. The van der Waals surface area contributed by atoms with E-state index in [0.717, 1.165) is 16.0 Å². The third kappa shape index (κ3) is 4.58. The standard InChI is InChI=1S/C24H19ClN2O2S/c1-15-6-8-16(9-7-15)14-26-23(28)18-10-11-21-20(12-18)27-24(29)22(30-21)13-17-4-2-3-5-19(17)25/h2-13H,14H2,1H3,(H,26,28)(H,27,29)/b22-13+. The highest BCUT2D eigenvalue weighted by Crippen LogP contribution is 2.39. The zero-order chi connectivity index (χ0) is 21.1. The molecule has 0 atom stereocenters. The van der Waals surface area contributed by atoms with Crippen LogP contribution in [0.25, 0.3) is 6.08 Å². The Balaban J connectivity index is 1.49. The average molecular weight is 435 g/mol. The van der Waals surface area contributed by atoms with Gasteiger partial charge in [0.15, 0.2) is 0 Å². The Morgan fingerprint density at radius 1 is 1.10 bits per heavy atom. The maximum absolute atomic E-state index is 12.5. The lowest BCUT2D eigenvalue weighted by molar-refractivity contribution is -0.112. The Bertz CT molecular complexity index is 1160. The van der Waals surface area contributed by atoms with Crippen molar-refractivity contribution in [3.05, 3.63) is 98.9 Å². The van der Waals surface area contributed by atoms with E-state index in [-0.39, 0.29) is 11.8 Å². The Labute approximate surface area is 184 Å². The molecule has 3 aromatic rings. The van der Waals surface area contributed by atoms with E-state index in [1.807, 2.05) is 55.5 Å². The number of hydrogen-bond acceptors (Lipinski definition) is 3. The van der Waals surface area contributed by atoms with Gasteiger partial charge >= 0.3 is 0 Å². The summed E-state index contributed by atoms with van der Waals surface area (Å²) < 4.78 is 0. The van der Waals surface area contributed by atoms with Crippen molar-refractivity contribution in [1.29, 1.82) is 0 Å². The van der Waals surface area contributed by atoms with E-state index in [2.05, 4.69) is 10.6 Å². The van der Waals surface area contributed by atoms with Crippen molar-refractivity contribution in [2.45, 2.75) is 18.4 Å². The molecule has 30 heavy (non-hydrogen) atoms. The Morgan fingerprint density at radius 2 is 1.87 bits per heavy atom. The van der Waals surface area contributed by atoms with Gasteiger partial charge in [0.25, 0.3) is 11.8 Å². The zero-order valence-electron chi connectivity index (χ0n) is 16.2. The molecule has 2 N–H and O–H groups in total. The van der Waals surface area contributed by atoms with E-state index in [1.165, 1.54) is 17.3 Å². The van der Waals surface area contributed by atoms with Crippen LogP contribution >= 0.6 is 23.4 Å². The monoisotopic (exact) mass is 434 g/mol. The molecule has 4 rings (SSSR count). The normalized spacial score (nSPS) is 14.2. The van der Waals surface area contributed by atoms with E-state index in [0.29, 0.717) is 27.7 Å². The summed E-state index contributed by atoms with van der Waals surface area (Å²) in [6.45, 7) is 2.47. The fraction of sp³-hybridized carbons (Fsp3) is 0.0833. The highest BCUT2D eigenvalue weighted by atomic mass is 35.5. The van der Waals surface area contributed by atoms with Crippen molar-refractivity contribution in [3.8, 4) is 0 Å². The van der Waals surface area contributed by atoms with Crippen LogP contribution in [0, 0.1) is 6.92 Å². The fourth-order valence-corrected chi connectivity index (χ4v) is 4.14. The van der Waals surface area contributed by atoms with Crippen molar-refractivity contribution in [2.24, 2.45) is 0 Å². The minimum atomic E-state index is -0.218. The van der Waals surface area contributed by atoms with Gasteiger partial charge in [0, 0.05) is 22.0 Å². The van der Waals surface area contributed by atoms with Gasteiger partial charge < -0.3 is 10.6 Å². The highest BCUT2D eigenvalue weighted by Gasteiger charge is 2.22. The predicted octanol–water partition coefficient (Wildman–Crippen LogP) is 5.66. The second-order valence-corrected chi connectivity index (χ2v) is 8.46. The Hall–Kier alpha value is -3.02. The molecule has 1 aliphatic heterocycles. The van der Waals surface area contributed by atoms with Gasteiger partial charge in [-0.15, -0.1) is 0 Å². The molecule has 0 aromatic heterocycles. The molecule has 3 aromatic carbocycles. The van der Waals surface area contributed by atoms with Crippen molar-refractivity contribution in [1.82, 2.24) is 5.32 Å². The van der Waals surface area contributed by atoms with Crippen LogP contribution in [0.5, 0.6) is 0 Å². The minimum Gasteiger partial charge on any atom is -0.348 e. The molecule has 0 saturated carbocycles. The first kappa shape index (κ1) is 20.3. The molecule has 6 heteroatoms. The number of nitrogens with one attached hydrogen (secondary N) is 2. The average Bonchev–Trinajstić information content (AvgIpc) is 2.75. The maximum atomic E-state index is 12.5.